The molecule has 0 bridgehead atoms. The van der Waals surface area contributed by atoms with E-state index in [0.717, 1.165) is 17.3 Å². The van der Waals surface area contributed by atoms with Gasteiger partial charge >= 0.3 is 5.69 Å². The quantitative estimate of drug-likeness (QED) is 0.566. The van der Waals surface area contributed by atoms with Crippen LogP contribution in [0.1, 0.15) is 18.9 Å². The first kappa shape index (κ1) is 22.7. The van der Waals surface area contributed by atoms with E-state index in [1.165, 1.54) is 0 Å². The summed E-state index contributed by atoms with van der Waals surface area (Å²) >= 11 is 0. The molecule has 2 aromatic rings. The van der Waals surface area contributed by atoms with Crippen molar-refractivity contribution in [2.45, 2.75) is 18.9 Å². The first-order valence-electron chi connectivity index (χ1n) is 10.6. The number of carbonyl (C=O) groups excluding carboxylic acids is 1. The summed E-state index contributed by atoms with van der Waals surface area (Å²) in [6.07, 6.45) is 5.48. The Morgan fingerprint density at radius 3 is 2.18 bits per heavy atom. The second-order valence-corrected chi connectivity index (χ2v) is 10.5. The van der Waals surface area contributed by atoms with Gasteiger partial charge < -0.3 is 22.1 Å². The standard InChI is InChI=1S/C22H28N6O4S/c1-26-15-5-3-4-6-16(15)28(22(26)30)13-9-11-27(12-10-13)17-8-7-14(20(23)24)18(21(25)29)19(17)33(2,31)32/h3-8,13,18H,9-12,23-24H2,1-2H3,(H2,25,29). The number of benzene rings is 1. The highest BCUT2D eigenvalue weighted by Gasteiger charge is 2.38. The van der Waals surface area contributed by atoms with Gasteiger partial charge in [0, 0.05) is 38.0 Å². The lowest BCUT2D eigenvalue weighted by Gasteiger charge is -2.37. The van der Waals surface area contributed by atoms with Gasteiger partial charge in [-0.1, -0.05) is 18.2 Å². The van der Waals surface area contributed by atoms with Crippen LogP contribution in [0.5, 0.6) is 0 Å². The van der Waals surface area contributed by atoms with Crippen LogP contribution in [0.25, 0.3) is 11.0 Å². The second-order valence-electron chi connectivity index (χ2n) is 8.52. The zero-order chi connectivity index (χ0) is 24.1. The number of fused-ring (bicyclic) bond motifs is 1. The monoisotopic (exact) mass is 472 g/mol. The molecule has 1 aromatic carbocycles. The molecule has 1 aliphatic heterocycles. The molecule has 6 N–H and O–H groups in total. The van der Waals surface area contributed by atoms with E-state index in [0.29, 0.717) is 31.6 Å². The first-order chi connectivity index (χ1) is 15.5. The van der Waals surface area contributed by atoms with Gasteiger partial charge in [0.15, 0.2) is 9.84 Å². The summed E-state index contributed by atoms with van der Waals surface area (Å²) < 4.78 is 28.9. The molecule has 1 aromatic heterocycles. The van der Waals surface area contributed by atoms with Crippen molar-refractivity contribution >= 4 is 26.8 Å². The molecule has 1 fully saturated rings. The summed E-state index contributed by atoms with van der Waals surface area (Å²) in [5.74, 6) is -2.23. The van der Waals surface area contributed by atoms with Crippen LogP contribution < -0.4 is 22.9 Å². The lowest BCUT2D eigenvalue weighted by atomic mass is 9.90. The molecule has 0 saturated carbocycles. The second kappa shape index (κ2) is 8.14. The van der Waals surface area contributed by atoms with Crippen LogP contribution in [0.4, 0.5) is 0 Å². The highest BCUT2D eigenvalue weighted by atomic mass is 32.2. The van der Waals surface area contributed by atoms with Crippen molar-refractivity contribution in [2.75, 3.05) is 19.3 Å². The molecular formula is C22H28N6O4S. The van der Waals surface area contributed by atoms with Gasteiger partial charge in [-0.2, -0.15) is 0 Å². The van der Waals surface area contributed by atoms with Crippen molar-refractivity contribution < 1.29 is 13.2 Å². The summed E-state index contributed by atoms with van der Waals surface area (Å²) in [5.41, 5.74) is 19.2. The van der Waals surface area contributed by atoms with Gasteiger partial charge in [-0.05, 0) is 31.1 Å². The number of aryl methyl sites for hydroxylation is 1. The van der Waals surface area contributed by atoms with Gasteiger partial charge in [0.1, 0.15) is 5.92 Å². The number of nitrogens with two attached hydrogens (primary N) is 3. The Morgan fingerprint density at radius 2 is 1.64 bits per heavy atom. The SMILES string of the molecule is Cn1c(=O)n(C2CCN(C3=C(S(C)(=O)=O)C(C(N)=O)C(=C(N)N)C=C3)CC2)c2ccccc21. The topological polar surface area (TPSA) is 159 Å². The van der Waals surface area contributed by atoms with E-state index in [2.05, 4.69) is 0 Å². The average molecular weight is 473 g/mol. The maximum absolute atomic E-state index is 12.9. The maximum Gasteiger partial charge on any atom is 0.329 e. The van der Waals surface area contributed by atoms with Crippen LogP contribution in [0.2, 0.25) is 0 Å². The zero-order valence-electron chi connectivity index (χ0n) is 18.6. The molecule has 176 valence electrons. The van der Waals surface area contributed by atoms with E-state index in [9.17, 15) is 18.0 Å². The smallest absolute Gasteiger partial charge is 0.329 e. The largest absolute Gasteiger partial charge is 0.385 e. The highest BCUT2D eigenvalue weighted by Crippen LogP contribution is 2.37. The number of hydrogen-bond donors (Lipinski definition) is 3. The third kappa shape index (κ3) is 3.82. The Balaban J connectivity index is 1.70. The fourth-order valence-electron chi connectivity index (χ4n) is 4.88. The molecule has 10 nitrogen and oxygen atoms in total. The summed E-state index contributed by atoms with van der Waals surface area (Å²) in [7, 11) is -2.05. The van der Waals surface area contributed by atoms with Crippen LogP contribution in [0, 0.1) is 5.92 Å². The molecule has 1 saturated heterocycles. The molecule has 2 heterocycles. The van der Waals surface area contributed by atoms with Gasteiger partial charge in [-0.25, -0.2) is 13.2 Å². The fourth-order valence-corrected chi connectivity index (χ4v) is 6.13. The molecule has 1 atom stereocenters. The number of nitrogens with zero attached hydrogens (tertiary/aromatic N) is 3. The maximum atomic E-state index is 12.9. The van der Waals surface area contributed by atoms with Crippen molar-refractivity contribution in [1.82, 2.24) is 14.0 Å². The van der Waals surface area contributed by atoms with Gasteiger partial charge in [-0.15, -0.1) is 0 Å². The summed E-state index contributed by atoms with van der Waals surface area (Å²) in [6, 6.07) is 7.62. The number of aromatic nitrogens is 2. The van der Waals surface area contributed by atoms with Gasteiger partial charge in [0.05, 0.1) is 27.5 Å². The van der Waals surface area contributed by atoms with Gasteiger partial charge in [-0.3, -0.25) is 13.9 Å². The van der Waals surface area contributed by atoms with Gasteiger partial charge in [0.25, 0.3) is 0 Å². The molecule has 1 unspecified atom stereocenters. The number of hydrogen-bond acceptors (Lipinski definition) is 7. The van der Waals surface area contributed by atoms with E-state index >= 15 is 0 Å². The van der Waals surface area contributed by atoms with Crippen LogP contribution in [0.3, 0.4) is 0 Å². The number of piperidine rings is 1. The Bertz CT molecular complexity index is 1380. The van der Waals surface area contributed by atoms with Crippen molar-refractivity contribution in [3.05, 3.63) is 68.9 Å². The summed E-state index contributed by atoms with van der Waals surface area (Å²) in [4.78, 5) is 27.0. The predicted molar refractivity (Wildman–Crippen MR) is 126 cm³/mol. The van der Waals surface area contributed by atoms with Crippen LogP contribution in [-0.4, -0.2) is 47.7 Å². The van der Waals surface area contributed by atoms with Crippen molar-refractivity contribution in [3.63, 3.8) is 0 Å². The molecule has 2 aliphatic rings. The molecular weight excluding hydrogens is 444 g/mol. The molecule has 1 aliphatic carbocycles. The summed E-state index contributed by atoms with van der Waals surface area (Å²) in [6.45, 7) is 1.00. The number of sulfone groups is 1. The van der Waals surface area contributed by atoms with E-state index < -0.39 is 21.7 Å². The molecule has 0 radical (unpaired) electrons. The Morgan fingerprint density at radius 1 is 1.03 bits per heavy atom. The van der Waals surface area contributed by atoms with E-state index in [1.807, 2.05) is 33.7 Å². The number of para-hydroxylation sites is 2. The van der Waals surface area contributed by atoms with Gasteiger partial charge in [0.2, 0.25) is 5.91 Å². The summed E-state index contributed by atoms with van der Waals surface area (Å²) in [5, 5.41) is 0. The average Bonchev–Trinajstić information content (AvgIpc) is 3.02. The Hall–Kier alpha value is -3.47. The Labute approximate surface area is 191 Å². The lowest BCUT2D eigenvalue weighted by Crippen LogP contribution is -2.40. The van der Waals surface area contributed by atoms with E-state index in [4.69, 9.17) is 17.2 Å². The molecule has 11 heteroatoms. The lowest BCUT2D eigenvalue weighted by molar-refractivity contribution is -0.119. The van der Waals surface area contributed by atoms with E-state index in [1.54, 1.807) is 23.8 Å². The number of likely N-dealkylation sites (tertiary alicyclic amines) is 1. The van der Waals surface area contributed by atoms with Crippen molar-refractivity contribution in [1.29, 1.82) is 0 Å². The minimum absolute atomic E-state index is 0.0308. The minimum atomic E-state index is -3.80. The first-order valence-corrected chi connectivity index (χ1v) is 12.5. The molecule has 4 rings (SSSR count). The number of imidazole rings is 1. The number of carbonyl (C=O) groups is 1. The third-order valence-electron chi connectivity index (χ3n) is 6.43. The van der Waals surface area contributed by atoms with E-state index in [-0.39, 0.29) is 28.0 Å². The van der Waals surface area contributed by atoms with Crippen LogP contribution >= 0.6 is 0 Å². The minimum Gasteiger partial charge on any atom is -0.385 e. The number of rotatable bonds is 4. The fraction of sp³-hybridized carbons (Fsp3) is 0.364. The predicted octanol–water partition coefficient (Wildman–Crippen LogP) is 0.0334. The number of primary amides is 1. The Kier molecular flexibility index (Phi) is 5.61. The van der Waals surface area contributed by atoms with Crippen LogP contribution in [0.15, 0.2) is 63.2 Å². The zero-order valence-corrected chi connectivity index (χ0v) is 19.4. The van der Waals surface area contributed by atoms with Crippen molar-refractivity contribution in [2.24, 2.45) is 30.2 Å². The van der Waals surface area contributed by atoms with Crippen molar-refractivity contribution in [3.8, 4) is 0 Å². The highest BCUT2D eigenvalue weighted by molar-refractivity contribution is 7.94. The number of amides is 1. The molecule has 0 spiro atoms. The number of allylic oxidation sites excluding steroid dienone is 2. The normalized spacial score (nSPS) is 20.0. The molecule has 33 heavy (non-hydrogen) atoms. The van der Waals surface area contributed by atoms with Crippen LogP contribution in [-0.2, 0) is 21.7 Å². The molecule has 1 amide bonds. The third-order valence-corrected chi connectivity index (χ3v) is 7.67.